The van der Waals surface area contributed by atoms with Gasteiger partial charge in [-0.25, -0.2) is 19.7 Å². The van der Waals surface area contributed by atoms with Gasteiger partial charge in [0.25, 0.3) is 0 Å². The van der Waals surface area contributed by atoms with Crippen molar-refractivity contribution in [1.82, 2.24) is 19.9 Å². The van der Waals surface area contributed by atoms with E-state index in [1.807, 2.05) is 11.2 Å². The fourth-order valence-corrected chi connectivity index (χ4v) is 3.30. The van der Waals surface area contributed by atoms with Crippen molar-refractivity contribution < 1.29 is 9.90 Å². The van der Waals surface area contributed by atoms with E-state index in [0.29, 0.717) is 42.7 Å². The van der Waals surface area contributed by atoms with Gasteiger partial charge >= 0.3 is 6.09 Å². The lowest BCUT2D eigenvalue weighted by molar-refractivity contribution is 0.142. The van der Waals surface area contributed by atoms with Gasteiger partial charge in [-0.3, -0.25) is 0 Å². The summed E-state index contributed by atoms with van der Waals surface area (Å²) >= 11 is 13.6. The molecule has 23 heavy (non-hydrogen) atoms. The smallest absolute Gasteiger partial charge is 0.407 e. The number of rotatable bonds is 2. The number of hydrogen-bond acceptors (Lipinski definition) is 6. The minimum atomic E-state index is -0.905. The maximum absolute atomic E-state index is 11.0. The van der Waals surface area contributed by atoms with Crippen molar-refractivity contribution in [2.45, 2.75) is 5.16 Å². The first kappa shape index (κ1) is 16.4. The zero-order valence-corrected chi connectivity index (χ0v) is 14.5. The molecule has 1 aliphatic heterocycles. The molecular formula is C13H13Cl2N5O2S. The number of carboxylic acid groups (broad SMARTS) is 1. The summed E-state index contributed by atoms with van der Waals surface area (Å²) in [7, 11) is 0. The van der Waals surface area contributed by atoms with Crippen molar-refractivity contribution in [2.24, 2.45) is 0 Å². The largest absolute Gasteiger partial charge is 0.465 e. The molecule has 1 amide bonds. The number of fused-ring (bicyclic) bond motifs is 1. The van der Waals surface area contributed by atoms with Crippen LogP contribution in [0.15, 0.2) is 11.2 Å². The van der Waals surface area contributed by atoms with Gasteiger partial charge in [-0.15, -0.1) is 0 Å². The third kappa shape index (κ3) is 3.24. The summed E-state index contributed by atoms with van der Waals surface area (Å²) in [5.41, 5.74) is 0.547. The Balaban J connectivity index is 2.04. The van der Waals surface area contributed by atoms with Crippen LogP contribution in [0, 0.1) is 0 Å². The van der Waals surface area contributed by atoms with Crippen LogP contribution in [-0.2, 0) is 0 Å². The number of pyridine rings is 1. The zero-order valence-electron chi connectivity index (χ0n) is 12.2. The Hall–Kier alpha value is -1.51. The van der Waals surface area contributed by atoms with Crippen LogP contribution in [0.2, 0.25) is 10.3 Å². The van der Waals surface area contributed by atoms with Crippen molar-refractivity contribution in [1.29, 1.82) is 0 Å². The Morgan fingerprint density at radius 2 is 1.91 bits per heavy atom. The predicted octanol–water partition coefficient (Wildman–Crippen LogP) is 2.85. The van der Waals surface area contributed by atoms with Crippen LogP contribution < -0.4 is 4.90 Å². The summed E-state index contributed by atoms with van der Waals surface area (Å²) < 4.78 is 0. The van der Waals surface area contributed by atoms with Crippen molar-refractivity contribution >= 4 is 57.8 Å². The molecule has 1 saturated heterocycles. The molecular weight excluding hydrogens is 361 g/mol. The van der Waals surface area contributed by atoms with Gasteiger partial charge in [0.15, 0.2) is 10.3 Å². The molecule has 0 spiro atoms. The van der Waals surface area contributed by atoms with E-state index < -0.39 is 6.09 Å². The van der Waals surface area contributed by atoms with E-state index in [0.717, 1.165) is 5.39 Å². The Morgan fingerprint density at radius 3 is 2.52 bits per heavy atom. The molecule has 1 N–H and O–H groups in total. The van der Waals surface area contributed by atoms with Crippen molar-refractivity contribution in [2.75, 3.05) is 37.3 Å². The number of piperazine rings is 1. The number of nitrogens with zero attached hydrogens (tertiary/aromatic N) is 5. The average molecular weight is 374 g/mol. The molecule has 7 nitrogen and oxygen atoms in total. The minimum absolute atomic E-state index is 0.232. The molecule has 0 bridgehead atoms. The zero-order chi connectivity index (χ0) is 16.6. The quantitative estimate of drug-likeness (QED) is 0.492. The molecule has 122 valence electrons. The van der Waals surface area contributed by atoms with Gasteiger partial charge in [0.05, 0.1) is 0 Å². The van der Waals surface area contributed by atoms with E-state index >= 15 is 0 Å². The molecule has 1 fully saturated rings. The molecule has 1 aliphatic rings. The highest BCUT2D eigenvalue weighted by molar-refractivity contribution is 7.98. The highest BCUT2D eigenvalue weighted by Crippen LogP contribution is 2.32. The van der Waals surface area contributed by atoms with Crippen LogP contribution in [0.4, 0.5) is 10.6 Å². The van der Waals surface area contributed by atoms with Gasteiger partial charge in [0.1, 0.15) is 16.5 Å². The second-order valence-electron chi connectivity index (χ2n) is 4.92. The van der Waals surface area contributed by atoms with Crippen LogP contribution in [0.3, 0.4) is 0 Å². The molecule has 0 unspecified atom stereocenters. The summed E-state index contributed by atoms with van der Waals surface area (Å²) in [6.45, 7) is 1.93. The maximum atomic E-state index is 11.0. The van der Waals surface area contributed by atoms with Crippen LogP contribution in [0.5, 0.6) is 0 Å². The number of halogens is 2. The van der Waals surface area contributed by atoms with Crippen molar-refractivity contribution in [3.63, 3.8) is 0 Å². The van der Waals surface area contributed by atoms with E-state index in [9.17, 15) is 4.79 Å². The lowest BCUT2D eigenvalue weighted by atomic mass is 10.2. The predicted molar refractivity (Wildman–Crippen MR) is 90.9 cm³/mol. The number of hydrogen-bond donors (Lipinski definition) is 1. The Bertz CT molecular complexity index is 768. The van der Waals surface area contributed by atoms with E-state index in [-0.39, 0.29) is 10.3 Å². The Labute approximate surface area is 146 Å². The second-order valence-corrected chi connectivity index (χ2v) is 6.44. The summed E-state index contributed by atoms with van der Waals surface area (Å²) in [4.78, 5) is 27.4. The monoisotopic (exact) mass is 373 g/mol. The fourth-order valence-electron chi connectivity index (χ4n) is 2.47. The van der Waals surface area contributed by atoms with Gasteiger partial charge in [0, 0.05) is 31.6 Å². The standard InChI is InChI=1S/C13H13Cl2N5O2S/c1-23-12-17-9-7(6-8(14)16-10(9)15)11(18-12)19-2-4-20(5-3-19)13(21)22/h6H,2-5H2,1H3,(H,21,22). The maximum Gasteiger partial charge on any atom is 0.407 e. The van der Waals surface area contributed by atoms with Crippen LogP contribution in [0.25, 0.3) is 10.9 Å². The normalized spacial score (nSPS) is 15.3. The van der Waals surface area contributed by atoms with E-state index in [2.05, 4.69) is 15.0 Å². The molecule has 0 radical (unpaired) electrons. The third-order valence-corrected chi connectivity index (χ3v) is 4.61. The van der Waals surface area contributed by atoms with Gasteiger partial charge < -0.3 is 14.9 Å². The summed E-state index contributed by atoms with van der Waals surface area (Å²) in [6.07, 6.45) is 0.974. The first-order valence-electron chi connectivity index (χ1n) is 6.80. The van der Waals surface area contributed by atoms with E-state index in [4.69, 9.17) is 28.3 Å². The molecule has 2 aromatic rings. The second kappa shape index (κ2) is 6.54. The highest BCUT2D eigenvalue weighted by Gasteiger charge is 2.24. The Kier molecular flexibility index (Phi) is 4.65. The summed E-state index contributed by atoms with van der Waals surface area (Å²) in [5.74, 6) is 0.704. The van der Waals surface area contributed by atoms with Gasteiger partial charge in [0.2, 0.25) is 0 Å². The van der Waals surface area contributed by atoms with Crippen molar-refractivity contribution in [3.8, 4) is 0 Å². The molecule has 2 aromatic heterocycles. The number of aromatic nitrogens is 3. The number of thioether (sulfide) groups is 1. The first-order chi connectivity index (χ1) is 11.0. The van der Waals surface area contributed by atoms with Crippen molar-refractivity contribution in [3.05, 3.63) is 16.4 Å². The molecule has 3 heterocycles. The number of amides is 1. The molecule has 0 atom stereocenters. The molecule has 0 saturated carbocycles. The molecule has 3 rings (SSSR count). The lowest BCUT2D eigenvalue weighted by Gasteiger charge is -2.34. The van der Waals surface area contributed by atoms with E-state index in [1.54, 1.807) is 6.07 Å². The first-order valence-corrected chi connectivity index (χ1v) is 8.78. The lowest BCUT2D eigenvalue weighted by Crippen LogP contribution is -2.48. The topological polar surface area (TPSA) is 82.5 Å². The average Bonchev–Trinajstić information content (AvgIpc) is 2.54. The molecule has 0 aromatic carbocycles. The number of anilines is 1. The van der Waals surface area contributed by atoms with Crippen LogP contribution in [0.1, 0.15) is 0 Å². The number of carbonyl (C=O) groups is 1. The summed E-state index contributed by atoms with van der Waals surface area (Å²) in [6, 6.07) is 1.69. The highest BCUT2D eigenvalue weighted by atomic mass is 35.5. The van der Waals surface area contributed by atoms with Gasteiger partial charge in [-0.05, 0) is 12.3 Å². The van der Waals surface area contributed by atoms with Crippen LogP contribution >= 0.6 is 35.0 Å². The van der Waals surface area contributed by atoms with Gasteiger partial charge in [-0.1, -0.05) is 35.0 Å². The van der Waals surface area contributed by atoms with E-state index in [1.165, 1.54) is 16.7 Å². The minimum Gasteiger partial charge on any atom is -0.465 e. The van der Waals surface area contributed by atoms with Gasteiger partial charge in [-0.2, -0.15) is 0 Å². The third-order valence-electron chi connectivity index (χ3n) is 3.60. The molecule has 0 aliphatic carbocycles. The summed E-state index contributed by atoms with van der Waals surface area (Å²) in [5, 5.41) is 10.9. The Morgan fingerprint density at radius 1 is 1.22 bits per heavy atom. The van der Waals surface area contributed by atoms with Crippen LogP contribution in [-0.4, -0.2) is 63.5 Å². The fraction of sp³-hybridized carbons (Fsp3) is 0.385. The molecule has 10 heteroatoms. The SMILES string of the molecule is CSc1nc(N2CCN(C(=O)O)CC2)c2cc(Cl)nc(Cl)c2n1.